The third kappa shape index (κ3) is 4.11. The fraction of sp³-hybridized carbons (Fsp3) is 0.333. The van der Waals surface area contributed by atoms with Crippen LogP contribution in [0.25, 0.3) is 0 Å². The maximum Gasteiger partial charge on any atom is 0.325 e. The van der Waals surface area contributed by atoms with Gasteiger partial charge in [0.15, 0.2) is 0 Å². The second-order valence-corrected chi connectivity index (χ2v) is 4.50. The number of rotatable bonds is 6. The van der Waals surface area contributed by atoms with Crippen LogP contribution in [0.3, 0.4) is 0 Å². The number of carbonyl (C=O) groups is 2. The van der Waals surface area contributed by atoms with Crippen LogP contribution in [0.4, 0.5) is 0 Å². The van der Waals surface area contributed by atoms with Crippen molar-refractivity contribution < 1.29 is 24.9 Å². The van der Waals surface area contributed by atoms with E-state index >= 15 is 0 Å². The van der Waals surface area contributed by atoms with Gasteiger partial charge in [-0.05, 0) is 25.2 Å². The summed E-state index contributed by atoms with van der Waals surface area (Å²) in [5.74, 6) is -2.41. The Balaban J connectivity index is 3.03. The van der Waals surface area contributed by atoms with Gasteiger partial charge in [-0.2, -0.15) is 0 Å². The minimum absolute atomic E-state index is 0.0399. The monoisotopic (exact) mass is 287 g/mol. The second kappa shape index (κ2) is 6.40. The van der Waals surface area contributed by atoms with Crippen molar-refractivity contribution in [1.29, 1.82) is 0 Å². The molecule has 0 fully saturated rings. The molecule has 6 nitrogen and oxygen atoms in total. The molecule has 0 amide bonds. The van der Waals surface area contributed by atoms with E-state index in [1.165, 1.54) is 30.1 Å². The number of phenolic OH excluding ortho intramolecular Hbond substituents is 1. The van der Waals surface area contributed by atoms with Crippen molar-refractivity contribution in [1.82, 2.24) is 4.90 Å². The van der Waals surface area contributed by atoms with Crippen molar-refractivity contribution in [3.63, 3.8) is 0 Å². The molecular weight excluding hydrogens is 274 g/mol. The molecule has 19 heavy (non-hydrogen) atoms. The number of hydrogen-bond donors (Lipinski definition) is 3. The van der Waals surface area contributed by atoms with Crippen molar-refractivity contribution in [3.05, 3.63) is 28.8 Å². The lowest BCUT2D eigenvalue weighted by Crippen LogP contribution is -2.32. The summed E-state index contributed by atoms with van der Waals surface area (Å²) in [6.07, 6.45) is -0.193. The molecule has 1 aromatic rings. The fourth-order valence-electron chi connectivity index (χ4n) is 1.70. The first kappa shape index (κ1) is 15.3. The zero-order chi connectivity index (χ0) is 14.6. The summed E-state index contributed by atoms with van der Waals surface area (Å²) in [4.78, 5) is 23.2. The number of hydrogen-bond acceptors (Lipinski definition) is 4. The Hall–Kier alpha value is -1.79. The first-order valence-electron chi connectivity index (χ1n) is 5.46. The van der Waals surface area contributed by atoms with E-state index in [4.69, 9.17) is 16.7 Å². The quantitative estimate of drug-likeness (QED) is 0.735. The van der Waals surface area contributed by atoms with Gasteiger partial charge in [-0.25, -0.2) is 0 Å². The van der Waals surface area contributed by atoms with E-state index in [1.807, 2.05) is 0 Å². The van der Waals surface area contributed by atoms with Crippen molar-refractivity contribution in [2.45, 2.75) is 12.5 Å². The van der Waals surface area contributed by atoms with E-state index < -0.39 is 18.0 Å². The maximum absolute atomic E-state index is 11.3. The van der Waals surface area contributed by atoms with Gasteiger partial charge in [0, 0.05) is 17.1 Å². The van der Waals surface area contributed by atoms with Crippen molar-refractivity contribution in [3.8, 4) is 5.75 Å². The third-order valence-corrected chi connectivity index (χ3v) is 2.87. The number of carboxylic acids is 2. The molecule has 1 unspecified atom stereocenters. The molecular formula is C12H14ClNO5. The Labute approximate surface area is 114 Å². The first-order valence-corrected chi connectivity index (χ1v) is 5.84. The number of carboxylic acid groups (broad SMARTS) is 2. The summed E-state index contributed by atoms with van der Waals surface area (Å²) in [6.45, 7) is 0.0399. The Morgan fingerprint density at radius 3 is 2.53 bits per heavy atom. The standard InChI is InChI=1S/C12H14ClNO5/c1-14(5-4-10(16)17)11(12(18)19)8-6-7(13)2-3-9(8)15/h2-3,6,11,15H,4-5H2,1H3,(H,16,17)(H,18,19). The number of nitrogens with zero attached hydrogens (tertiary/aromatic N) is 1. The smallest absolute Gasteiger partial charge is 0.325 e. The number of benzene rings is 1. The molecule has 0 aromatic heterocycles. The molecule has 104 valence electrons. The van der Waals surface area contributed by atoms with E-state index in [0.717, 1.165) is 0 Å². The summed E-state index contributed by atoms with van der Waals surface area (Å²) in [5.41, 5.74) is 0.132. The van der Waals surface area contributed by atoms with Crippen molar-refractivity contribution >= 4 is 23.5 Å². The third-order valence-electron chi connectivity index (χ3n) is 2.64. The molecule has 0 radical (unpaired) electrons. The topological polar surface area (TPSA) is 98.1 Å². The lowest BCUT2D eigenvalue weighted by molar-refractivity contribution is -0.144. The van der Waals surface area contributed by atoms with Crippen LogP contribution in [0.2, 0.25) is 5.02 Å². The first-order chi connectivity index (χ1) is 8.82. The molecule has 1 rings (SSSR count). The van der Waals surface area contributed by atoms with Crippen LogP contribution in [-0.4, -0.2) is 45.8 Å². The van der Waals surface area contributed by atoms with Gasteiger partial charge in [-0.3, -0.25) is 14.5 Å². The number of likely N-dealkylation sites (N-methyl/N-ethyl adjacent to an activating group) is 1. The number of aliphatic carboxylic acids is 2. The van der Waals surface area contributed by atoms with Gasteiger partial charge < -0.3 is 15.3 Å². The van der Waals surface area contributed by atoms with Crippen LogP contribution in [0.15, 0.2) is 18.2 Å². The van der Waals surface area contributed by atoms with E-state index in [0.29, 0.717) is 5.02 Å². The number of halogens is 1. The average Bonchev–Trinajstić information content (AvgIpc) is 2.31. The average molecular weight is 288 g/mol. The molecule has 0 saturated heterocycles. The van der Waals surface area contributed by atoms with Gasteiger partial charge in [0.05, 0.1) is 6.42 Å². The largest absolute Gasteiger partial charge is 0.508 e. The maximum atomic E-state index is 11.3. The Kier molecular flexibility index (Phi) is 5.14. The summed E-state index contributed by atoms with van der Waals surface area (Å²) in [7, 11) is 1.47. The zero-order valence-corrected chi connectivity index (χ0v) is 11.0. The van der Waals surface area contributed by atoms with Crippen LogP contribution in [0.5, 0.6) is 5.75 Å². The molecule has 0 aliphatic heterocycles. The molecule has 1 aromatic carbocycles. The van der Waals surface area contributed by atoms with E-state index in [1.54, 1.807) is 0 Å². The summed E-state index contributed by atoms with van der Waals surface area (Å²) >= 11 is 5.78. The molecule has 0 heterocycles. The predicted octanol–water partition coefficient (Wildman–Crippen LogP) is 1.58. The lowest BCUT2D eigenvalue weighted by atomic mass is 10.0. The second-order valence-electron chi connectivity index (χ2n) is 4.07. The van der Waals surface area contributed by atoms with Crippen LogP contribution in [-0.2, 0) is 9.59 Å². The minimum Gasteiger partial charge on any atom is -0.508 e. The summed E-state index contributed by atoms with van der Waals surface area (Å²) in [5, 5.41) is 27.9. The van der Waals surface area contributed by atoms with Gasteiger partial charge in [-0.15, -0.1) is 0 Å². The summed E-state index contributed by atoms with van der Waals surface area (Å²) < 4.78 is 0. The Bertz CT molecular complexity index is 491. The highest BCUT2D eigenvalue weighted by molar-refractivity contribution is 6.30. The molecule has 3 N–H and O–H groups in total. The van der Waals surface area contributed by atoms with Gasteiger partial charge >= 0.3 is 11.9 Å². The normalized spacial score (nSPS) is 12.4. The SMILES string of the molecule is CN(CCC(=O)O)C(C(=O)O)c1cc(Cl)ccc1O. The van der Waals surface area contributed by atoms with Gasteiger partial charge in [0.1, 0.15) is 11.8 Å². The molecule has 0 aliphatic carbocycles. The molecule has 7 heteroatoms. The van der Waals surface area contributed by atoms with Crippen LogP contribution >= 0.6 is 11.6 Å². The van der Waals surface area contributed by atoms with Gasteiger partial charge in [0.25, 0.3) is 0 Å². The van der Waals surface area contributed by atoms with Crippen LogP contribution in [0.1, 0.15) is 18.0 Å². The van der Waals surface area contributed by atoms with Crippen molar-refractivity contribution in [2.24, 2.45) is 0 Å². The van der Waals surface area contributed by atoms with Gasteiger partial charge in [0.2, 0.25) is 0 Å². The number of phenols is 1. The lowest BCUT2D eigenvalue weighted by Gasteiger charge is -2.25. The Morgan fingerprint density at radius 2 is 2.00 bits per heavy atom. The fourth-order valence-corrected chi connectivity index (χ4v) is 1.89. The molecule has 0 bridgehead atoms. The van der Waals surface area contributed by atoms with Gasteiger partial charge in [-0.1, -0.05) is 11.6 Å². The van der Waals surface area contributed by atoms with Crippen LogP contribution in [0, 0.1) is 0 Å². The zero-order valence-electron chi connectivity index (χ0n) is 10.2. The highest BCUT2D eigenvalue weighted by Crippen LogP contribution is 2.30. The molecule has 0 saturated carbocycles. The number of aromatic hydroxyl groups is 1. The predicted molar refractivity (Wildman–Crippen MR) is 68.4 cm³/mol. The van der Waals surface area contributed by atoms with Crippen LogP contribution < -0.4 is 0 Å². The molecule has 1 atom stereocenters. The highest BCUT2D eigenvalue weighted by atomic mass is 35.5. The molecule has 0 spiro atoms. The molecule has 0 aliphatic rings. The van der Waals surface area contributed by atoms with E-state index in [9.17, 15) is 19.8 Å². The highest BCUT2D eigenvalue weighted by Gasteiger charge is 2.27. The minimum atomic E-state index is -1.19. The Morgan fingerprint density at radius 1 is 1.37 bits per heavy atom. The summed E-state index contributed by atoms with van der Waals surface area (Å²) in [6, 6.07) is 2.94. The van der Waals surface area contributed by atoms with E-state index in [-0.39, 0.29) is 24.3 Å². The van der Waals surface area contributed by atoms with E-state index in [2.05, 4.69) is 0 Å². The van der Waals surface area contributed by atoms with Crippen molar-refractivity contribution in [2.75, 3.05) is 13.6 Å².